The van der Waals surface area contributed by atoms with Gasteiger partial charge >= 0.3 is 5.97 Å². The van der Waals surface area contributed by atoms with Crippen LogP contribution in [-0.4, -0.2) is 76.2 Å². The molecule has 0 aliphatic heterocycles. The van der Waals surface area contributed by atoms with E-state index in [1.54, 1.807) is 20.0 Å². The molecule has 1 aromatic heterocycles. The number of fused-ring (bicyclic) bond motifs is 1. The molecule has 0 bridgehead atoms. The number of nitrogens with two attached hydrogens (primary N) is 3. The molecule has 11 N–H and O–H groups in total. The maximum Gasteiger partial charge on any atom is 0.326 e. The van der Waals surface area contributed by atoms with Crippen LogP contribution in [0.3, 0.4) is 0 Å². The van der Waals surface area contributed by atoms with Gasteiger partial charge in [-0.15, -0.1) is 0 Å². The van der Waals surface area contributed by atoms with E-state index in [1.807, 2.05) is 24.3 Å². The van der Waals surface area contributed by atoms with Gasteiger partial charge in [0.25, 0.3) is 0 Å². The van der Waals surface area contributed by atoms with Crippen molar-refractivity contribution in [3.8, 4) is 0 Å². The van der Waals surface area contributed by atoms with Gasteiger partial charge in [-0.1, -0.05) is 32.0 Å². The molecule has 214 valence electrons. The van der Waals surface area contributed by atoms with Crippen LogP contribution in [0.25, 0.3) is 10.9 Å². The lowest BCUT2D eigenvalue weighted by atomic mass is 10.0. The number of para-hydroxylation sites is 1. The zero-order valence-corrected chi connectivity index (χ0v) is 22.9. The minimum Gasteiger partial charge on any atom is -0.480 e. The molecule has 0 fully saturated rings. The van der Waals surface area contributed by atoms with E-state index in [4.69, 9.17) is 17.2 Å². The Balaban J connectivity index is 2.11. The van der Waals surface area contributed by atoms with Crippen LogP contribution in [0.15, 0.2) is 35.5 Å². The van der Waals surface area contributed by atoms with Gasteiger partial charge in [-0.2, -0.15) is 12.6 Å². The number of carbonyl (C=O) groups is 4. The standard InChI is InChI=1S/C25H38N8O5S/c1-13(2)20(26)23(36)31-17(8-5-9-29-25(27)28)21(34)33-19(12-39)22(35)32-18(24(37)38)10-14-11-30-16-7-4-3-6-15(14)16/h3-4,6-7,11,13,17-20,30,39H,5,8-10,12,26H2,1-2H3,(H,31,36)(H,32,35)(H,33,34)(H,37,38)(H4,27,28,29). The van der Waals surface area contributed by atoms with Crippen LogP contribution in [0.4, 0.5) is 0 Å². The summed E-state index contributed by atoms with van der Waals surface area (Å²) in [5.74, 6) is -3.52. The number of guanidine groups is 1. The van der Waals surface area contributed by atoms with Crippen LogP contribution in [-0.2, 0) is 25.6 Å². The topological polar surface area (TPSA) is 231 Å². The van der Waals surface area contributed by atoms with E-state index >= 15 is 0 Å². The number of carboxylic acids is 1. The van der Waals surface area contributed by atoms with E-state index in [9.17, 15) is 24.3 Å². The summed E-state index contributed by atoms with van der Waals surface area (Å²) in [5.41, 5.74) is 18.2. The third-order valence-corrected chi connectivity index (χ3v) is 6.49. The number of carbonyl (C=O) groups excluding carboxylic acids is 3. The number of hydrogen-bond acceptors (Lipinski definition) is 7. The molecule has 0 saturated heterocycles. The lowest BCUT2D eigenvalue weighted by Gasteiger charge is -2.25. The minimum atomic E-state index is -1.25. The summed E-state index contributed by atoms with van der Waals surface area (Å²) in [6, 6.07) is 3.10. The number of aromatic amines is 1. The van der Waals surface area contributed by atoms with Crippen LogP contribution in [0.5, 0.6) is 0 Å². The third-order valence-electron chi connectivity index (χ3n) is 6.13. The number of rotatable bonds is 15. The van der Waals surface area contributed by atoms with Crippen LogP contribution in [0.1, 0.15) is 32.3 Å². The van der Waals surface area contributed by atoms with Crippen molar-refractivity contribution in [1.82, 2.24) is 20.9 Å². The lowest BCUT2D eigenvalue weighted by Crippen LogP contribution is -2.58. The van der Waals surface area contributed by atoms with E-state index in [0.29, 0.717) is 6.42 Å². The molecule has 2 aromatic rings. The van der Waals surface area contributed by atoms with E-state index in [0.717, 1.165) is 16.5 Å². The molecule has 0 spiro atoms. The lowest BCUT2D eigenvalue weighted by molar-refractivity contribution is -0.142. The number of H-pyrrole nitrogens is 1. The van der Waals surface area contributed by atoms with Gasteiger partial charge in [0.15, 0.2) is 5.96 Å². The van der Waals surface area contributed by atoms with Crippen molar-refractivity contribution in [2.45, 2.75) is 57.3 Å². The molecular formula is C25H38N8O5S. The fourth-order valence-electron chi connectivity index (χ4n) is 3.80. The normalized spacial score (nSPS) is 14.2. The zero-order chi connectivity index (χ0) is 29.1. The van der Waals surface area contributed by atoms with Gasteiger partial charge in [0, 0.05) is 35.8 Å². The summed E-state index contributed by atoms with van der Waals surface area (Å²) in [4.78, 5) is 57.6. The fraction of sp³-hybridized carbons (Fsp3) is 0.480. The zero-order valence-electron chi connectivity index (χ0n) is 22.0. The Morgan fingerprint density at radius 2 is 1.62 bits per heavy atom. The van der Waals surface area contributed by atoms with E-state index in [2.05, 4.69) is 38.6 Å². The molecular weight excluding hydrogens is 524 g/mol. The number of thiol groups is 1. The molecule has 0 aliphatic rings. The van der Waals surface area contributed by atoms with Gasteiger partial charge in [-0.05, 0) is 30.4 Å². The molecule has 1 aromatic carbocycles. The van der Waals surface area contributed by atoms with Gasteiger partial charge in [0.05, 0.1) is 6.04 Å². The van der Waals surface area contributed by atoms with Crippen molar-refractivity contribution in [3.05, 3.63) is 36.0 Å². The summed E-state index contributed by atoms with van der Waals surface area (Å²) in [7, 11) is 0. The van der Waals surface area contributed by atoms with Crippen molar-refractivity contribution in [3.63, 3.8) is 0 Å². The number of nitrogens with one attached hydrogen (secondary N) is 4. The highest BCUT2D eigenvalue weighted by molar-refractivity contribution is 7.80. The van der Waals surface area contributed by atoms with Crippen LogP contribution < -0.4 is 33.2 Å². The van der Waals surface area contributed by atoms with E-state index in [-0.39, 0.29) is 37.0 Å². The molecule has 1 heterocycles. The maximum atomic E-state index is 13.1. The number of hydrogen-bond donors (Lipinski definition) is 9. The Hall–Kier alpha value is -3.78. The minimum absolute atomic E-state index is 0.0227. The largest absolute Gasteiger partial charge is 0.480 e. The maximum absolute atomic E-state index is 13.1. The van der Waals surface area contributed by atoms with Crippen LogP contribution in [0.2, 0.25) is 0 Å². The predicted octanol–water partition coefficient (Wildman–Crippen LogP) is -0.784. The Kier molecular flexibility index (Phi) is 12.1. The highest BCUT2D eigenvalue weighted by Gasteiger charge is 2.30. The van der Waals surface area contributed by atoms with Gasteiger partial charge < -0.3 is 43.2 Å². The van der Waals surface area contributed by atoms with Crippen LogP contribution >= 0.6 is 12.6 Å². The third kappa shape index (κ3) is 9.48. The quantitative estimate of drug-likeness (QED) is 0.0577. The van der Waals surface area contributed by atoms with Crippen LogP contribution in [0, 0.1) is 5.92 Å². The molecule has 2 rings (SSSR count). The SMILES string of the molecule is CC(C)C(N)C(=O)NC(CCCN=C(N)N)C(=O)NC(CS)C(=O)NC(Cc1c[nH]c2ccccc12)C(=O)O. The molecule has 4 atom stereocenters. The number of nitrogens with zero attached hydrogens (tertiary/aromatic N) is 1. The second-order valence-corrected chi connectivity index (χ2v) is 9.85. The molecule has 14 heteroatoms. The molecule has 4 unspecified atom stereocenters. The van der Waals surface area contributed by atoms with Crippen molar-refractivity contribution in [2.24, 2.45) is 28.1 Å². The van der Waals surface area contributed by atoms with Crippen molar-refractivity contribution >= 4 is 53.2 Å². The van der Waals surface area contributed by atoms with E-state index in [1.165, 1.54) is 0 Å². The van der Waals surface area contributed by atoms with Gasteiger partial charge in [0.1, 0.15) is 18.1 Å². The Morgan fingerprint density at radius 3 is 2.23 bits per heavy atom. The number of benzene rings is 1. The molecule has 13 nitrogen and oxygen atoms in total. The van der Waals surface area contributed by atoms with Gasteiger partial charge in [-0.25, -0.2) is 4.79 Å². The van der Waals surface area contributed by atoms with Gasteiger partial charge in [0.2, 0.25) is 17.7 Å². The summed E-state index contributed by atoms with van der Waals surface area (Å²) in [5, 5.41) is 18.3. The summed E-state index contributed by atoms with van der Waals surface area (Å²) in [6.07, 6.45) is 2.24. The first-order chi connectivity index (χ1) is 18.4. The second-order valence-electron chi connectivity index (χ2n) is 9.49. The average molecular weight is 563 g/mol. The number of carboxylic acid groups (broad SMARTS) is 1. The number of aliphatic carboxylic acids is 1. The molecule has 0 radical (unpaired) electrons. The molecule has 0 aliphatic carbocycles. The number of aliphatic imine (C=N–C) groups is 1. The molecule has 0 saturated carbocycles. The summed E-state index contributed by atoms with van der Waals surface area (Å²) >= 11 is 4.17. The summed E-state index contributed by atoms with van der Waals surface area (Å²) in [6.45, 7) is 3.77. The van der Waals surface area contributed by atoms with E-state index < -0.39 is 47.9 Å². The first kappa shape index (κ1) is 31.4. The highest BCUT2D eigenvalue weighted by Crippen LogP contribution is 2.19. The van der Waals surface area contributed by atoms with Crippen molar-refractivity contribution in [2.75, 3.05) is 12.3 Å². The van der Waals surface area contributed by atoms with Crippen molar-refractivity contribution < 1.29 is 24.3 Å². The smallest absolute Gasteiger partial charge is 0.326 e. The number of amides is 3. The average Bonchev–Trinajstić information content (AvgIpc) is 3.30. The van der Waals surface area contributed by atoms with Gasteiger partial charge in [-0.3, -0.25) is 19.4 Å². The Labute approximate surface area is 232 Å². The first-order valence-corrected chi connectivity index (χ1v) is 13.2. The second kappa shape index (κ2) is 15.0. The Bertz CT molecular complexity index is 1180. The fourth-order valence-corrected chi connectivity index (χ4v) is 4.06. The summed E-state index contributed by atoms with van der Waals surface area (Å²) < 4.78 is 0. The predicted molar refractivity (Wildman–Crippen MR) is 152 cm³/mol. The monoisotopic (exact) mass is 562 g/mol. The Morgan fingerprint density at radius 1 is 1.00 bits per heavy atom. The first-order valence-electron chi connectivity index (χ1n) is 12.5. The number of aromatic nitrogens is 1. The van der Waals surface area contributed by atoms with Crippen molar-refractivity contribution in [1.29, 1.82) is 0 Å². The molecule has 3 amide bonds. The molecule has 39 heavy (non-hydrogen) atoms. The highest BCUT2D eigenvalue weighted by atomic mass is 32.1.